The van der Waals surface area contributed by atoms with E-state index in [2.05, 4.69) is 21.2 Å². The van der Waals surface area contributed by atoms with E-state index in [4.69, 9.17) is 9.47 Å². The number of nitrogens with one attached hydrogen (secondary N) is 1. The molecule has 0 aromatic heterocycles. The topological polar surface area (TPSA) is 71.3 Å². The van der Waals surface area contributed by atoms with Gasteiger partial charge in [0.15, 0.2) is 11.5 Å². The summed E-state index contributed by atoms with van der Waals surface area (Å²) in [5.41, 5.74) is -0.803. The molecule has 0 aliphatic heterocycles. The molecule has 0 aliphatic carbocycles. The van der Waals surface area contributed by atoms with Crippen LogP contribution >= 0.6 is 15.9 Å². The smallest absolute Gasteiger partial charge is 0.416 e. The number of benzene rings is 2. The minimum Gasteiger partial charge on any atom is -0.493 e. The van der Waals surface area contributed by atoms with Crippen molar-refractivity contribution >= 4 is 33.6 Å². The number of hydrogen-bond donors (Lipinski definition) is 1. The van der Waals surface area contributed by atoms with Gasteiger partial charge in [-0.3, -0.25) is 4.79 Å². The first kappa shape index (κ1) is 22.3. The van der Waals surface area contributed by atoms with Crippen molar-refractivity contribution in [3.8, 4) is 17.6 Å². The van der Waals surface area contributed by atoms with E-state index in [9.17, 15) is 23.2 Å². The van der Waals surface area contributed by atoms with E-state index in [0.717, 1.165) is 12.1 Å². The predicted octanol–water partition coefficient (Wildman–Crippen LogP) is 5.42. The summed E-state index contributed by atoms with van der Waals surface area (Å²) in [6.45, 7) is 2.22. The number of carbonyl (C=O) groups is 1. The lowest BCUT2D eigenvalue weighted by atomic mass is 10.1. The standard InChI is InChI=1S/C20H16BrF3N2O3/c1-3-29-18-16(21)8-12(9-17(18)28-2)7-13(11-25)19(27)26-15-6-4-5-14(10-15)20(22,23)24/h4-10H,3H2,1-2H3,(H,26,27)/b13-7+. The number of carbonyl (C=O) groups excluding carboxylic acids is 1. The Labute approximate surface area is 173 Å². The van der Waals surface area contributed by atoms with Crippen LogP contribution in [0, 0.1) is 11.3 Å². The number of rotatable bonds is 6. The lowest BCUT2D eigenvalue weighted by molar-refractivity contribution is -0.137. The van der Waals surface area contributed by atoms with Crippen LogP contribution < -0.4 is 14.8 Å². The quantitative estimate of drug-likeness (QED) is 0.453. The minimum absolute atomic E-state index is 0.0728. The van der Waals surface area contributed by atoms with Crippen molar-refractivity contribution in [3.63, 3.8) is 0 Å². The monoisotopic (exact) mass is 468 g/mol. The van der Waals surface area contributed by atoms with Gasteiger partial charge in [-0.2, -0.15) is 18.4 Å². The van der Waals surface area contributed by atoms with Crippen molar-refractivity contribution < 1.29 is 27.4 Å². The molecule has 152 valence electrons. The van der Waals surface area contributed by atoms with Crippen LogP contribution in [0.5, 0.6) is 11.5 Å². The van der Waals surface area contributed by atoms with Crippen LogP contribution in [0.15, 0.2) is 46.4 Å². The van der Waals surface area contributed by atoms with Crippen molar-refractivity contribution in [2.24, 2.45) is 0 Å². The highest BCUT2D eigenvalue weighted by molar-refractivity contribution is 9.10. The van der Waals surface area contributed by atoms with Gasteiger partial charge in [0.05, 0.1) is 23.8 Å². The summed E-state index contributed by atoms with van der Waals surface area (Å²) in [6, 6.07) is 9.11. The first-order valence-electron chi connectivity index (χ1n) is 8.30. The number of nitrogens with zero attached hydrogens (tertiary/aromatic N) is 1. The van der Waals surface area contributed by atoms with E-state index in [1.807, 2.05) is 6.92 Å². The van der Waals surface area contributed by atoms with E-state index in [-0.39, 0.29) is 11.3 Å². The molecule has 29 heavy (non-hydrogen) atoms. The van der Waals surface area contributed by atoms with Gasteiger partial charge in [-0.05, 0) is 64.8 Å². The van der Waals surface area contributed by atoms with Crippen LogP contribution in [0.4, 0.5) is 18.9 Å². The zero-order valence-electron chi connectivity index (χ0n) is 15.4. The minimum atomic E-state index is -4.54. The molecule has 0 spiro atoms. The molecule has 0 unspecified atom stereocenters. The van der Waals surface area contributed by atoms with Crippen LogP contribution in [0.25, 0.3) is 6.08 Å². The number of hydrogen-bond acceptors (Lipinski definition) is 4. The fourth-order valence-corrected chi connectivity index (χ4v) is 2.97. The molecule has 2 aromatic rings. The lowest BCUT2D eigenvalue weighted by Gasteiger charge is -2.12. The zero-order chi connectivity index (χ0) is 21.6. The van der Waals surface area contributed by atoms with Gasteiger partial charge in [0, 0.05) is 5.69 Å². The van der Waals surface area contributed by atoms with Gasteiger partial charge in [0.25, 0.3) is 5.91 Å². The fraction of sp³-hybridized carbons (Fsp3) is 0.200. The highest BCUT2D eigenvalue weighted by atomic mass is 79.9. The number of ether oxygens (including phenoxy) is 2. The molecule has 0 fully saturated rings. The Bertz CT molecular complexity index is 982. The van der Waals surface area contributed by atoms with Gasteiger partial charge in [-0.25, -0.2) is 0 Å². The van der Waals surface area contributed by atoms with Gasteiger partial charge in [0.1, 0.15) is 11.6 Å². The van der Waals surface area contributed by atoms with Crippen molar-refractivity contribution in [1.29, 1.82) is 5.26 Å². The Balaban J connectivity index is 2.32. The maximum absolute atomic E-state index is 12.8. The van der Waals surface area contributed by atoms with E-state index >= 15 is 0 Å². The van der Waals surface area contributed by atoms with Gasteiger partial charge in [0.2, 0.25) is 0 Å². The zero-order valence-corrected chi connectivity index (χ0v) is 17.0. The first-order valence-corrected chi connectivity index (χ1v) is 9.09. The fourth-order valence-electron chi connectivity index (χ4n) is 2.39. The van der Waals surface area contributed by atoms with Crippen molar-refractivity contribution in [1.82, 2.24) is 0 Å². The molecule has 1 amide bonds. The Kier molecular flexibility index (Phi) is 7.29. The summed E-state index contributed by atoms with van der Waals surface area (Å²) in [5.74, 6) is 0.0259. The van der Waals surface area contributed by atoms with Crippen LogP contribution in [0.1, 0.15) is 18.1 Å². The van der Waals surface area contributed by atoms with Crippen molar-refractivity contribution in [3.05, 3.63) is 57.6 Å². The molecule has 0 aliphatic rings. The first-order chi connectivity index (χ1) is 13.7. The van der Waals surface area contributed by atoms with Crippen LogP contribution in [0.3, 0.4) is 0 Å². The van der Waals surface area contributed by atoms with Crippen molar-refractivity contribution in [2.75, 3.05) is 19.0 Å². The van der Waals surface area contributed by atoms with E-state index < -0.39 is 17.6 Å². The number of alkyl halides is 3. The van der Waals surface area contributed by atoms with E-state index in [0.29, 0.717) is 28.1 Å². The Hall–Kier alpha value is -2.99. The summed E-state index contributed by atoms with van der Waals surface area (Å²) in [5, 5.41) is 11.6. The average molecular weight is 469 g/mol. The van der Waals surface area contributed by atoms with Gasteiger partial charge < -0.3 is 14.8 Å². The van der Waals surface area contributed by atoms with E-state index in [1.54, 1.807) is 18.2 Å². The highest BCUT2D eigenvalue weighted by Gasteiger charge is 2.30. The third-order valence-electron chi connectivity index (χ3n) is 3.66. The number of nitriles is 1. The second-order valence-corrected chi connectivity index (χ2v) is 6.52. The number of halogens is 4. The maximum atomic E-state index is 12.8. The molecule has 2 rings (SSSR count). The summed E-state index contributed by atoms with van der Waals surface area (Å²) < 4.78 is 49.7. The molecule has 9 heteroatoms. The molecule has 5 nitrogen and oxygen atoms in total. The predicted molar refractivity (Wildman–Crippen MR) is 106 cm³/mol. The molecule has 0 radical (unpaired) electrons. The number of anilines is 1. The normalized spacial score (nSPS) is 11.6. The third-order valence-corrected chi connectivity index (χ3v) is 4.25. The molecule has 0 atom stereocenters. The molecule has 0 saturated carbocycles. The number of amides is 1. The molecule has 2 aromatic carbocycles. The third kappa shape index (κ3) is 5.74. The number of methoxy groups -OCH3 is 1. The summed E-state index contributed by atoms with van der Waals surface area (Å²) >= 11 is 3.34. The summed E-state index contributed by atoms with van der Waals surface area (Å²) in [4.78, 5) is 12.4. The Morgan fingerprint density at radius 1 is 1.31 bits per heavy atom. The highest BCUT2D eigenvalue weighted by Crippen LogP contribution is 2.37. The largest absolute Gasteiger partial charge is 0.493 e. The lowest BCUT2D eigenvalue weighted by Crippen LogP contribution is -2.14. The summed E-state index contributed by atoms with van der Waals surface area (Å²) in [6.07, 6.45) is -3.24. The Morgan fingerprint density at radius 2 is 2.03 bits per heavy atom. The summed E-state index contributed by atoms with van der Waals surface area (Å²) in [7, 11) is 1.45. The van der Waals surface area contributed by atoms with Gasteiger partial charge in [-0.15, -0.1) is 0 Å². The molecule has 0 saturated heterocycles. The molecule has 0 heterocycles. The van der Waals surface area contributed by atoms with Gasteiger partial charge >= 0.3 is 6.18 Å². The Morgan fingerprint density at radius 3 is 2.62 bits per heavy atom. The van der Waals surface area contributed by atoms with Crippen LogP contribution in [-0.2, 0) is 11.0 Å². The van der Waals surface area contributed by atoms with Crippen LogP contribution in [-0.4, -0.2) is 19.6 Å². The molecular formula is C20H16BrF3N2O3. The molecule has 0 bridgehead atoms. The second kappa shape index (κ2) is 9.47. The second-order valence-electron chi connectivity index (χ2n) is 5.67. The SMILES string of the molecule is CCOc1c(Br)cc(/C=C(\C#N)C(=O)Nc2cccc(C(F)(F)F)c2)cc1OC. The van der Waals surface area contributed by atoms with E-state index in [1.165, 1.54) is 25.3 Å². The molecular weight excluding hydrogens is 453 g/mol. The maximum Gasteiger partial charge on any atom is 0.416 e. The van der Waals surface area contributed by atoms with Crippen LogP contribution in [0.2, 0.25) is 0 Å². The molecule has 1 N–H and O–H groups in total. The van der Waals surface area contributed by atoms with Crippen molar-refractivity contribution in [2.45, 2.75) is 13.1 Å². The van der Waals surface area contributed by atoms with Gasteiger partial charge in [-0.1, -0.05) is 6.07 Å². The average Bonchev–Trinajstić information content (AvgIpc) is 2.67.